The highest BCUT2D eigenvalue weighted by Crippen LogP contribution is 2.11. The van der Waals surface area contributed by atoms with Crippen LogP contribution in [0.4, 0.5) is 0 Å². The van der Waals surface area contributed by atoms with Crippen molar-refractivity contribution in [1.82, 2.24) is 19.6 Å². The van der Waals surface area contributed by atoms with Crippen molar-refractivity contribution in [2.24, 2.45) is 7.05 Å². The molecule has 0 unspecified atom stereocenters. The van der Waals surface area contributed by atoms with Crippen LogP contribution in [0.25, 0.3) is 0 Å². The first-order valence-corrected chi connectivity index (χ1v) is 6.74. The minimum Gasteiger partial charge on any atom is -0.395 e. The minimum absolute atomic E-state index is 0.0662. The van der Waals surface area contributed by atoms with Gasteiger partial charge in [0.25, 0.3) is 5.91 Å². The van der Waals surface area contributed by atoms with E-state index in [9.17, 15) is 4.79 Å². The monoisotopic (exact) mass is 266 g/mol. The summed E-state index contributed by atoms with van der Waals surface area (Å²) in [7, 11) is 1.83. The molecular weight excluding hydrogens is 244 g/mol. The number of β-amino-alcohol motifs (C(OH)–C–C–N with tert-alkyl or cyclic N) is 1. The van der Waals surface area contributed by atoms with E-state index in [-0.39, 0.29) is 12.5 Å². The van der Waals surface area contributed by atoms with Gasteiger partial charge in [0, 0.05) is 39.4 Å². The number of hydrogen-bond donors (Lipinski definition) is 1. The Balaban J connectivity index is 2.02. The van der Waals surface area contributed by atoms with E-state index in [1.54, 1.807) is 10.9 Å². The first-order chi connectivity index (χ1) is 9.11. The molecule has 1 saturated heterocycles. The zero-order chi connectivity index (χ0) is 13.8. The van der Waals surface area contributed by atoms with Crippen LogP contribution in [-0.2, 0) is 7.05 Å². The molecule has 0 atom stereocenters. The number of aliphatic hydroxyl groups is 1. The maximum absolute atomic E-state index is 12.5. The molecule has 106 valence electrons. The molecule has 19 heavy (non-hydrogen) atoms. The number of aromatic nitrogens is 2. The van der Waals surface area contributed by atoms with Crippen LogP contribution in [0, 0.1) is 6.92 Å². The van der Waals surface area contributed by atoms with E-state index in [2.05, 4.69) is 10.00 Å². The Hall–Kier alpha value is -1.40. The molecule has 1 N–H and O–H groups in total. The van der Waals surface area contributed by atoms with Gasteiger partial charge in [-0.3, -0.25) is 14.4 Å². The SMILES string of the molecule is Cc1nn(C)cc1C(=O)N1CCCN(CCO)CC1. The van der Waals surface area contributed by atoms with Gasteiger partial charge in [-0.2, -0.15) is 5.10 Å². The normalized spacial score (nSPS) is 17.5. The highest BCUT2D eigenvalue weighted by atomic mass is 16.3. The molecule has 0 saturated carbocycles. The molecule has 2 rings (SSSR count). The zero-order valence-electron chi connectivity index (χ0n) is 11.7. The van der Waals surface area contributed by atoms with Gasteiger partial charge in [0.05, 0.1) is 17.9 Å². The van der Waals surface area contributed by atoms with Gasteiger partial charge in [-0.15, -0.1) is 0 Å². The molecule has 1 fully saturated rings. The predicted molar refractivity (Wildman–Crippen MR) is 72.0 cm³/mol. The van der Waals surface area contributed by atoms with Crippen molar-refractivity contribution < 1.29 is 9.90 Å². The van der Waals surface area contributed by atoms with Crippen LogP contribution >= 0.6 is 0 Å². The number of rotatable bonds is 3. The Morgan fingerprint density at radius 2 is 2.16 bits per heavy atom. The Bertz CT molecular complexity index is 444. The molecule has 6 heteroatoms. The van der Waals surface area contributed by atoms with Crippen LogP contribution in [-0.4, -0.2) is 69.9 Å². The number of amides is 1. The summed E-state index contributed by atoms with van der Waals surface area (Å²) < 4.78 is 1.68. The highest BCUT2D eigenvalue weighted by molar-refractivity contribution is 5.95. The van der Waals surface area contributed by atoms with Gasteiger partial charge in [0.1, 0.15) is 0 Å². The summed E-state index contributed by atoms with van der Waals surface area (Å²) >= 11 is 0. The fraction of sp³-hybridized carbons (Fsp3) is 0.692. The third kappa shape index (κ3) is 3.33. The average molecular weight is 266 g/mol. The van der Waals surface area contributed by atoms with Crippen molar-refractivity contribution in [2.75, 3.05) is 39.3 Å². The van der Waals surface area contributed by atoms with E-state index in [0.29, 0.717) is 18.7 Å². The Labute approximate surface area is 113 Å². The number of carbonyl (C=O) groups excluding carboxylic acids is 1. The lowest BCUT2D eigenvalue weighted by Crippen LogP contribution is -2.36. The maximum Gasteiger partial charge on any atom is 0.257 e. The third-order valence-corrected chi connectivity index (χ3v) is 3.54. The Morgan fingerprint density at radius 3 is 2.79 bits per heavy atom. The summed E-state index contributed by atoms with van der Waals surface area (Å²) in [5, 5.41) is 13.2. The first-order valence-electron chi connectivity index (χ1n) is 6.74. The van der Waals surface area contributed by atoms with Crippen molar-refractivity contribution in [3.05, 3.63) is 17.5 Å². The van der Waals surface area contributed by atoms with Crippen molar-refractivity contribution >= 4 is 5.91 Å². The van der Waals surface area contributed by atoms with Crippen molar-refractivity contribution in [1.29, 1.82) is 0 Å². The smallest absolute Gasteiger partial charge is 0.257 e. The quantitative estimate of drug-likeness (QED) is 0.828. The molecule has 1 aromatic rings. The fourth-order valence-corrected chi connectivity index (χ4v) is 2.52. The highest BCUT2D eigenvalue weighted by Gasteiger charge is 2.22. The molecule has 1 aromatic heterocycles. The van der Waals surface area contributed by atoms with E-state index < -0.39 is 0 Å². The van der Waals surface area contributed by atoms with Crippen LogP contribution in [0.2, 0.25) is 0 Å². The third-order valence-electron chi connectivity index (χ3n) is 3.54. The summed E-state index contributed by atoms with van der Waals surface area (Å²) in [4.78, 5) is 16.5. The second-order valence-electron chi connectivity index (χ2n) is 5.01. The van der Waals surface area contributed by atoms with Gasteiger partial charge >= 0.3 is 0 Å². The van der Waals surface area contributed by atoms with Gasteiger partial charge in [0.15, 0.2) is 0 Å². The van der Waals surface area contributed by atoms with Gasteiger partial charge in [-0.1, -0.05) is 0 Å². The summed E-state index contributed by atoms with van der Waals surface area (Å²) in [6, 6.07) is 0. The van der Waals surface area contributed by atoms with E-state index in [4.69, 9.17) is 5.11 Å². The molecule has 0 radical (unpaired) electrons. The molecule has 2 heterocycles. The summed E-state index contributed by atoms with van der Waals surface area (Å²) in [5.74, 6) is 0.0662. The molecule has 6 nitrogen and oxygen atoms in total. The molecule has 0 spiro atoms. The Morgan fingerprint density at radius 1 is 1.37 bits per heavy atom. The molecule has 0 aliphatic carbocycles. The summed E-state index contributed by atoms with van der Waals surface area (Å²) in [5.41, 5.74) is 1.47. The van der Waals surface area contributed by atoms with Crippen molar-refractivity contribution in [3.8, 4) is 0 Å². The van der Waals surface area contributed by atoms with Crippen LogP contribution in [0.15, 0.2) is 6.20 Å². The van der Waals surface area contributed by atoms with E-state index >= 15 is 0 Å². The largest absolute Gasteiger partial charge is 0.395 e. The number of aliphatic hydroxyl groups excluding tert-OH is 1. The number of hydrogen-bond acceptors (Lipinski definition) is 4. The Kier molecular flexibility index (Phi) is 4.55. The van der Waals surface area contributed by atoms with Crippen molar-refractivity contribution in [3.63, 3.8) is 0 Å². The first kappa shape index (κ1) is 14.0. The molecule has 1 aliphatic heterocycles. The lowest BCUT2D eigenvalue weighted by molar-refractivity contribution is 0.0759. The van der Waals surface area contributed by atoms with Crippen LogP contribution in [0.5, 0.6) is 0 Å². The molecule has 1 amide bonds. The fourth-order valence-electron chi connectivity index (χ4n) is 2.52. The number of carbonyl (C=O) groups is 1. The van der Waals surface area contributed by atoms with Crippen molar-refractivity contribution in [2.45, 2.75) is 13.3 Å². The summed E-state index contributed by atoms with van der Waals surface area (Å²) in [6.07, 6.45) is 2.74. The second kappa shape index (κ2) is 6.16. The lowest BCUT2D eigenvalue weighted by Gasteiger charge is -2.21. The predicted octanol–water partition coefficient (Wildman–Crippen LogP) is -0.131. The molecule has 0 bridgehead atoms. The summed E-state index contributed by atoms with van der Waals surface area (Å²) in [6.45, 7) is 5.98. The lowest BCUT2D eigenvalue weighted by atomic mass is 10.2. The van der Waals surface area contributed by atoms with Crippen LogP contribution < -0.4 is 0 Å². The maximum atomic E-state index is 12.5. The van der Waals surface area contributed by atoms with Gasteiger partial charge in [0.2, 0.25) is 0 Å². The topological polar surface area (TPSA) is 61.6 Å². The average Bonchev–Trinajstić information content (AvgIpc) is 2.59. The molecule has 1 aliphatic rings. The number of aryl methyl sites for hydroxylation is 2. The van der Waals surface area contributed by atoms with Crippen LogP contribution in [0.1, 0.15) is 22.5 Å². The second-order valence-corrected chi connectivity index (χ2v) is 5.01. The standard InChI is InChI=1S/C13H22N4O2/c1-11-12(10-15(2)14-11)13(19)17-5-3-4-16(6-7-17)8-9-18/h10,18H,3-9H2,1-2H3. The molecular formula is C13H22N4O2. The van der Waals surface area contributed by atoms with Gasteiger partial charge < -0.3 is 10.0 Å². The minimum atomic E-state index is 0.0662. The zero-order valence-corrected chi connectivity index (χ0v) is 11.7. The van der Waals surface area contributed by atoms with E-state index in [1.165, 1.54) is 0 Å². The van der Waals surface area contributed by atoms with Gasteiger partial charge in [-0.05, 0) is 19.9 Å². The van der Waals surface area contributed by atoms with Gasteiger partial charge in [-0.25, -0.2) is 0 Å². The van der Waals surface area contributed by atoms with Crippen LogP contribution in [0.3, 0.4) is 0 Å². The van der Waals surface area contributed by atoms with E-state index in [0.717, 1.165) is 31.7 Å². The molecule has 0 aromatic carbocycles. The number of nitrogens with zero attached hydrogens (tertiary/aromatic N) is 4. The van der Waals surface area contributed by atoms with E-state index in [1.807, 2.05) is 18.9 Å².